The van der Waals surface area contributed by atoms with Crippen LogP contribution in [-0.2, 0) is 0 Å². The van der Waals surface area contributed by atoms with Gasteiger partial charge in [0, 0.05) is 22.7 Å². The van der Waals surface area contributed by atoms with E-state index in [1.54, 1.807) is 0 Å². The Morgan fingerprint density at radius 3 is 1.33 bits per heavy atom. The molecule has 0 saturated heterocycles. The Morgan fingerprint density at radius 1 is 0.370 bits per heavy atom. The van der Waals surface area contributed by atoms with Gasteiger partial charge in [-0.05, 0) is 88.3 Å². The Hall–Kier alpha value is -6.18. The smallest absolute Gasteiger partial charge is 0.103 e. The molecule has 0 amide bonds. The Labute approximate surface area is 324 Å². The fourth-order valence-electron chi connectivity index (χ4n) is 7.79. The van der Waals surface area contributed by atoms with E-state index in [-0.39, 0.29) is 0 Å². The van der Waals surface area contributed by atoms with Crippen molar-refractivity contribution in [2.75, 3.05) is 4.90 Å². The fraction of sp³-hybridized carbons (Fsp3) is 0. The van der Waals surface area contributed by atoms with Gasteiger partial charge in [0.25, 0.3) is 0 Å². The Kier molecular flexibility index (Phi) is 7.40. The molecular formula is C48H31N3S3. The summed E-state index contributed by atoms with van der Waals surface area (Å²) < 4.78 is 10.3. The average Bonchev–Trinajstić information content (AvgIpc) is 4.06. The molecular weight excluding hydrogens is 715 g/mol. The fourth-order valence-corrected chi connectivity index (χ4v) is 11.4. The van der Waals surface area contributed by atoms with Crippen molar-refractivity contribution in [1.29, 1.82) is 0 Å². The molecule has 5 aromatic heterocycles. The minimum absolute atomic E-state index is 1.13. The van der Waals surface area contributed by atoms with Crippen LogP contribution in [0.4, 0.5) is 16.4 Å². The number of thiophene rings is 3. The van der Waals surface area contributed by atoms with Crippen molar-refractivity contribution in [2.24, 2.45) is 0 Å². The zero-order valence-corrected chi connectivity index (χ0v) is 31.4. The molecule has 256 valence electrons. The summed E-state index contributed by atoms with van der Waals surface area (Å²) in [6.45, 7) is 0. The minimum Gasteiger partial charge on any atom is -0.306 e. The third-order valence-electron chi connectivity index (χ3n) is 10.3. The van der Waals surface area contributed by atoms with Crippen LogP contribution < -0.4 is 4.90 Å². The first kappa shape index (κ1) is 31.4. The molecule has 0 radical (unpaired) electrons. The van der Waals surface area contributed by atoms with Gasteiger partial charge in [0.05, 0.1) is 40.9 Å². The van der Waals surface area contributed by atoms with E-state index in [9.17, 15) is 0 Å². The first-order chi connectivity index (χ1) is 26.8. The van der Waals surface area contributed by atoms with Crippen molar-refractivity contribution in [3.8, 4) is 33.6 Å². The largest absolute Gasteiger partial charge is 0.306 e. The first-order valence-corrected chi connectivity index (χ1v) is 20.5. The van der Waals surface area contributed by atoms with E-state index in [0.29, 0.717) is 0 Å². The van der Waals surface area contributed by atoms with Gasteiger partial charge in [-0.15, -0.1) is 34.0 Å². The van der Waals surface area contributed by atoms with Crippen LogP contribution in [0.15, 0.2) is 187 Å². The number of nitrogens with zero attached hydrogens (tertiary/aromatic N) is 3. The van der Waals surface area contributed by atoms with Crippen molar-refractivity contribution < 1.29 is 0 Å². The summed E-state index contributed by atoms with van der Waals surface area (Å²) in [5, 5.41) is 3.40. The Balaban J connectivity index is 1.15. The monoisotopic (exact) mass is 745 g/mol. The second-order valence-corrected chi connectivity index (χ2v) is 16.4. The number of aromatic nitrogens is 2. The maximum Gasteiger partial charge on any atom is 0.103 e. The molecule has 6 aromatic carbocycles. The third-order valence-corrected chi connectivity index (χ3v) is 13.8. The van der Waals surface area contributed by atoms with Crippen LogP contribution in [0.1, 0.15) is 0 Å². The van der Waals surface area contributed by atoms with Gasteiger partial charge in [-0.1, -0.05) is 121 Å². The molecule has 0 fully saturated rings. The lowest BCUT2D eigenvalue weighted by molar-refractivity contribution is 1.15. The van der Waals surface area contributed by atoms with Crippen LogP contribution in [-0.4, -0.2) is 9.13 Å². The number of anilines is 3. The molecule has 0 aliphatic carbocycles. The predicted octanol–water partition coefficient (Wildman–Crippen LogP) is 14.9. The number of hydrogen-bond acceptors (Lipinski definition) is 4. The molecule has 5 heterocycles. The molecule has 54 heavy (non-hydrogen) atoms. The summed E-state index contributed by atoms with van der Waals surface area (Å²) in [4.78, 5) is 2.42. The van der Waals surface area contributed by atoms with Gasteiger partial charge in [0.15, 0.2) is 0 Å². The van der Waals surface area contributed by atoms with Gasteiger partial charge in [-0.2, -0.15) is 0 Å². The highest BCUT2D eigenvalue weighted by atomic mass is 32.1. The molecule has 0 N–H and O–H groups in total. The van der Waals surface area contributed by atoms with Crippen molar-refractivity contribution in [2.45, 2.75) is 0 Å². The van der Waals surface area contributed by atoms with Gasteiger partial charge < -0.3 is 14.0 Å². The average molecular weight is 746 g/mol. The molecule has 0 bridgehead atoms. The second kappa shape index (κ2) is 12.7. The third kappa shape index (κ3) is 4.99. The number of fused-ring (bicyclic) bond motifs is 7. The van der Waals surface area contributed by atoms with Crippen LogP contribution in [0.3, 0.4) is 0 Å². The molecule has 11 aromatic rings. The molecule has 0 saturated carbocycles. The van der Waals surface area contributed by atoms with Gasteiger partial charge >= 0.3 is 0 Å². The van der Waals surface area contributed by atoms with Crippen molar-refractivity contribution in [3.63, 3.8) is 0 Å². The first-order valence-electron chi connectivity index (χ1n) is 18.0. The van der Waals surface area contributed by atoms with E-state index >= 15 is 0 Å². The standard InChI is InChI=1S/C48H31N3S3/c1-5-13-32(14-6-1)34-21-25-38(26-22-34)49(39-27-23-35(24-28-39)33-15-7-2-8-16-33)42-31-41-46(53-42)48-44(51(41)37-19-11-4-12-20-37)43-47(54-48)45-40(29-30-52-45)50(43)36-17-9-3-10-18-36/h1-31H. The van der Waals surface area contributed by atoms with Gasteiger partial charge in [-0.3, -0.25) is 0 Å². The maximum atomic E-state index is 2.50. The van der Waals surface area contributed by atoms with Crippen LogP contribution in [0, 0.1) is 0 Å². The van der Waals surface area contributed by atoms with E-state index in [1.165, 1.54) is 73.8 Å². The SMILES string of the molecule is c1ccc(-c2ccc(N(c3ccc(-c4ccccc4)cc3)c3cc4c(s3)c3sc5c6sccc6n(-c6ccccc6)c5c3n4-c3ccccc3)cc2)cc1. The number of hydrogen-bond donors (Lipinski definition) is 0. The summed E-state index contributed by atoms with van der Waals surface area (Å²) in [5.41, 5.74) is 14.5. The topological polar surface area (TPSA) is 13.1 Å². The van der Waals surface area contributed by atoms with E-state index in [2.05, 4.69) is 201 Å². The molecule has 0 aliphatic rings. The Morgan fingerprint density at radius 2 is 0.815 bits per heavy atom. The summed E-state index contributed by atoms with van der Waals surface area (Å²) in [6, 6.07) is 65.6. The normalized spacial score (nSPS) is 11.7. The summed E-state index contributed by atoms with van der Waals surface area (Å²) in [6.07, 6.45) is 0. The maximum absolute atomic E-state index is 2.50. The highest BCUT2D eigenvalue weighted by molar-refractivity contribution is 7.34. The summed E-state index contributed by atoms with van der Waals surface area (Å²) >= 11 is 5.65. The zero-order valence-electron chi connectivity index (χ0n) is 29.0. The van der Waals surface area contributed by atoms with Gasteiger partial charge in [-0.25, -0.2) is 0 Å². The van der Waals surface area contributed by atoms with Crippen molar-refractivity contribution in [1.82, 2.24) is 9.13 Å². The molecule has 6 heteroatoms. The second-order valence-electron chi connectivity index (χ2n) is 13.4. The lowest BCUT2D eigenvalue weighted by atomic mass is 10.0. The minimum atomic E-state index is 1.13. The van der Waals surface area contributed by atoms with E-state index in [1.807, 2.05) is 34.0 Å². The van der Waals surface area contributed by atoms with Crippen LogP contribution in [0.25, 0.3) is 74.5 Å². The quantitative estimate of drug-likeness (QED) is 0.158. The number of rotatable bonds is 7. The lowest BCUT2D eigenvalue weighted by Crippen LogP contribution is -2.08. The zero-order chi connectivity index (χ0) is 35.6. The van der Waals surface area contributed by atoms with Gasteiger partial charge in [0.1, 0.15) is 5.00 Å². The summed E-state index contributed by atoms with van der Waals surface area (Å²) in [5.74, 6) is 0. The van der Waals surface area contributed by atoms with Crippen molar-refractivity contribution >= 4 is 91.3 Å². The lowest BCUT2D eigenvalue weighted by Gasteiger charge is -2.24. The Bertz CT molecular complexity index is 2980. The van der Waals surface area contributed by atoms with Crippen LogP contribution >= 0.6 is 34.0 Å². The number of benzene rings is 6. The molecule has 0 atom stereocenters. The summed E-state index contributed by atoms with van der Waals surface area (Å²) in [7, 11) is 0. The van der Waals surface area contributed by atoms with Crippen molar-refractivity contribution in [3.05, 3.63) is 187 Å². The predicted molar refractivity (Wildman–Crippen MR) is 234 cm³/mol. The molecule has 0 aliphatic heterocycles. The van der Waals surface area contributed by atoms with E-state index in [0.717, 1.165) is 17.1 Å². The van der Waals surface area contributed by atoms with Crippen LogP contribution in [0.5, 0.6) is 0 Å². The molecule has 0 spiro atoms. The van der Waals surface area contributed by atoms with E-state index < -0.39 is 0 Å². The van der Waals surface area contributed by atoms with Crippen LogP contribution in [0.2, 0.25) is 0 Å². The highest BCUT2D eigenvalue weighted by Gasteiger charge is 2.27. The van der Waals surface area contributed by atoms with E-state index in [4.69, 9.17) is 0 Å². The molecule has 3 nitrogen and oxygen atoms in total. The van der Waals surface area contributed by atoms with Gasteiger partial charge in [0.2, 0.25) is 0 Å². The number of para-hydroxylation sites is 2. The molecule has 0 unspecified atom stereocenters. The highest BCUT2D eigenvalue weighted by Crippen LogP contribution is 2.52. The molecule has 11 rings (SSSR count).